The summed E-state index contributed by atoms with van der Waals surface area (Å²) in [7, 11) is 4.02. The van der Waals surface area contributed by atoms with Crippen LogP contribution in [0.4, 0.5) is 11.6 Å². The van der Waals surface area contributed by atoms with Gasteiger partial charge in [-0.25, -0.2) is 9.97 Å². The third-order valence-electron chi connectivity index (χ3n) is 2.45. The second-order valence-corrected chi connectivity index (χ2v) is 4.11. The van der Waals surface area contributed by atoms with Crippen LogP contribution in [0.2, 0.25) is 0 Å². The molecule has 0 aliphatic carbocycles. The Labute approximate surface area is 98.1 Å². The zero-order valence-electron chi connectivity index (χ0n) is 11.0. The fourth-order valence-corrected chi connectivity index (χ4v) is 1.56. The zero-order valence-corrected chi connectivity index (χ0v) is 11.0. The average molecular weight is 222 g/mol. The Morgan fingerprint density at radius 3 is 2.38 bits per heavy atom. The van der Waals surface area contributed by atoms with Gasteiger partial charge < -0.3 is 10.2 Å². The minimum atomic E-state index is 0.863. The van der Waals surface area contributed by atoms with Crippen molar-refractivity contribution in [3.8, 4) is 0 Å². The number of nitrogens with zero attached hydrogens (tertiary/aromatic N) is 3. The van der Waals surface area contributed by atoms with Crippen molar-refractivity contribution in [2.45, 2.75) is 33.6 Å². The fourth-order valence-electron chi connectivity index (χ4n) is 1.56. The van der Waals surface area contributed by atoms with Crippen molar-refractivity contribution in [1.29, 1.82) is 0 Å². The highest BCUT2D eigenvalue weighted by Gasteiger charge is 2.10. The lowest BCUT2D eigenvalue weighted by molar-refractivity contribution is 0.890. The highest BCUT2D eigenvalue weighted by Crippen LogP contribution is 2.22. The van der Waals surface area contributed by atoms with Gasteiger partial charge >= 0.3 is 0 Å². The number of hydrogen-bond acceptors (Lipinski definition) is 4. The lowest BCUT2D eigenvalue weighted by Gasteiger charge is -2.18. The van der Waals surface area contributed by atoms with Crippen molar-refractivity contribution in [2.75, 3.05) is 30.9 Å². The van der Waals surface area contributed by atoms with Crippen LogP contribution in [0.1, 0.15) is 31.7 Å². The molecule has 0 fully saturated rings. The molecule has 0 aliphatic heterocycles. The monoisotopic (exact) mass is 222 g/mol. The molecular formula is C12H22N4. The van der Waals surface area contributed by atoms with E-state index in [2.05, 4.69) is 36.1 Å². The molecule has 0 saturated carbocycles. The van der Waals surface area contributed by atoms with E-state index in [-0.39, 0.29) is 0 Å². The first-order valence-corrected chi connectivity index (χ1v) is 5.88. The Balaban J connectivity index is 3.10. The van der Waals surface area contributed by atoms with E-state index in [1.54, 1.807) is 0 Å². The molecule has 0 aliphatic rings. The van der Waals surface area contributed by atoms with E-state index in [9.17, 15) is 0 Å². The quantitative estimate of drug-likeness (QED) is 0.829. The van der Waals surface area contributed by atoms with Gasteiger partial charge in [-0.2, -0.15) is 0 Å². The van der Waals surface area contributed by atoms with Crippen molar-refractivity contribution in [3.63, 3.8) is 0 Å². The fraction of sp³-hybridized carbons (Fsp3) is 0.667. The third kappa shape index (κ3) is 2.84. The van der Waals surface area contributed by atoms with Gasteiger partial charge in [-0.1, -0.05) is 13.8 Å². The molecule has 1 aromatic heterocycles. The lowest BCUT2D eigenvalue weighted by Crippen LogP contribution is -2.16. The summed E-state index contributed by atoms with van der Waals surface area (Å²) in [6.45, 7) is 7.24. The van der Waals surface area contributed by atoms with E-state index in [1.807, 2.05) is 19.0 Å². The Morgan fingerprint density at radius 1 is 1.19 bits per heavy atom. The first kappa shape index (κ1) is 12.7. The van der Waals surface area contributed by atoms with Crippen LogP contribution < -0.4 is 10.2 Å². The van der Waals surface area contributed by atoms with Crippen molar-refractivity contribution in [1.82, 2.24) is 9.97 Å². The molecule has 4 heteroatoms. The first-order chi connectivity index (χ1) is 7.60. The van der Waals surface area contributed by atoms with Crippen molar-refractivity contribution in [3.05, 3.63) is 11.4 Å². The van der Waals surface area contributed by atoms with E-state index >= 15 is 0 Å². The number of hydrogen-bond donors (Lipinski definition) is 1. The summed E-state index contributed by atoms with van der Waals surface area (Å²) in [6.07, 6.45) is 1.96. The number of rotatable bonds is 5. The molecule has 4 nitrogen and oxygen atoms in total. The smallest absolute Gasteiger partial charge is 0.136 e. The summed E-state index contributed by atoms with van der Waals surface area (Å²) in [5, 5.41) is 3.35. The maximum atomic E-state index is 4.53. The maximum Gasteiger partial charge on any atom is 0.136 e. The molecule has 1 N–H and O–H groups in total. The van der Waals surface area contributed by atoms with Crippen LogP contribution >= 0.6 is 0 Å². The average Bonchev–Trinajstić information content (AvgIpc) is 2.27. The summed E-state index contributed by atoms with van der Waals surface area (Å²) in [5.41, 5.74) is 1.12. The summed E-state index contributed by atoms with van der Waals surface area (Å²) < 4.78 is 0. The standard InChI is InChI=1S/C12H22N4/c1-6-8-13-11-9(3)12(16(4)5)15-10(7-2)14-11/h6-8H2,1-5H3,(H,13,14,15). The molecule has 1 heterocycles. The number of aryl methyl sites for hydroxylation is 1. The number of aromatic nitrogens is 2. The lowest BCUT2D eigenvalue weighted by atomic mass is 10.2. The molecule has 1 aromatic rings. The highest BCUT2D eigenvalue weighted by molar-refractivity contribution is 5.58. The Bertz CT molecular complexity index is 347. The normalized spacial score (nSPS) is 10.3. The molecule has 0 aromatic carbocycles. The number of anilines is 2. The van der Waals surface area contributed by atoms with Gasteiger partial charge in [0.2, 0.25) is 0 Å². The molecular weight excluding hydrogens is 200 g/mol. The molecule has 16 heavy (non-hydrogen) atoms. The Kier molecular flexibility index (Phi) is 4.52. The van der Waals surface area contributed by atoms with Gasteiger partial charge in [0.25, 0.3) is 0 Å². The molecule has 0 atom stereocenters. The second kappa shape index (κ2) is 5.68. The van der Waals surface area contributed by atoms with E-state index in [0.717, 1.165) is 42.4 Å². The SMILES string of the molecule is CCCNc1nc(CC)nc(N(C)C)c1C. The summed E-state index contributed by atoms with van der Waals surface area (Å²) in [6, 6.07) is 0. The molecule has 0 spiro atoms. The van der Waals surface area contributed by atoms with Gasteiger partial charge in [-0.3, -0.25) is 0 Å². The van der Waals surface area contributed by atoms with Crippen LogP contribution in [0.3, 0.4) is 0 Å². The highest BCUT2D eigenvalue weighted by atomic mass is 15.2. The Morgan fingerprint density at radius 2 is 1.88 bits per heavy atom. The van der Waals surface area contributed by atoms with Gasteiger partial charge in [-0.15, -0.1) is 0 Å². The minimum Gasteiger partial charge on any atom is -0.370 e. The van der Waals surface area contributed by atoms with Crippen LogP contribution in [-0.4, -0.2) is 30.6 Å². The van der Waals surface area contributed by atoms with E-state index in [1.165, 1.54) is 0 Å². The van der Waals surface area contributed by atoms with E-state index < -0.39 is 0 Å². The van der Waals surface area contributed by atoms with Gasteiger partial charge in [-0.05, 0) is 13.3 Å². The molecule has 0 bridgehead atoms. The predicted octanol–water partition coefficient (Wildman–Crippen LogP) is 2.24. The van der Waals surface area contributed by atoms with Crippen LogP contribution in [0.5, 0.6) is 0 Å². The van der Waals surface area contributed by atoms with Gasteiger partial charge in [0.05, 0.1) is 0 Å². The third-order valence-corrected chi connectivity index (χ3v) is 2.45. The molecule has 1 rings (SSSR count). The van der Waals surface area contributed by atoms with E-state index in [0.29, 0.717) is 0 Å². The van der Waals surface area contributed by atoms with Gasteiger partial charge in [0.15, 0.2) is 0 Å². The predicted molar refractivity (Wildman–Crippen MR) is 69.3 cm³/mol. The second-order valence-electron chi connectivity index (χ2n) is 4.11. The first-order valence-electron chi connectivity index (χ1n) is 5.88. The van der Waals surface area contributed by atoms with Crippen molar-refractivity contribution < 1.29 is 0 Å². The van der Waals surface area contributed by atoms with Gasteiger partial charge in [0.1, 0.15) is 17.5 Å². The molecule has 0 amide bonds. The molecule has 0 saturated heterocycles. The molecule has 0 radical (unpaired) electrons. The summed E-state index contributed by atoms with van der Waals surface area (Å²) >= 11 is 0. The van der Waals surface area contributed by atoms with Crippen molar-refractivity contribution in [2.24, 2.45) is 0 Å². The molecule has 90 valence electrons. The van der Waals surface area contributed by atoms with Gasteiger partial charge in [0, 0.05) is 32.6 Å². The van der Waals surface area contributed by atoms with Crippen LogP contribution in [-0.2, 0) is 6.42 Å². The van der Waals surface area contributed by atoms with Crippen LogP contribution in [0.15, 0.2) is 0 Å². The Hall–Kier alpha value is -1.32. The van der Waals surface area contributed by atoms with E-state index in [4.69, 9.17) is 0 Å². The summed E-state index contributed by atoms with van der Waals surface area (Å²) in [5.74, 6) is 2.87. The topological polar surface area (TPSA) is 41.1 Å². The van der Waals surface area contributed by atoms with Crippen molar-refractivity contribution >= 4 is 11.6 Å². The maximum absolute atomic E-state index is 4.53. The van der Waals surface area contributed by atoms with Crippen LogP contribution in [0.25, 0.3) is 0 Å². The zero-order chi connectivity index (χ0) is 12.1. The van der Waals surface area contributed by atoms with Crippen LogP contribution in [0, 0.1) is 6.92 Å². The summed E-state index contributed by atoms with van der Waals surface area (Å²) in [4.78, 5) is 11.1. The minimum absolute atomic E-state index is 0.863. The largest absolute Gasteiger partial charge is 0.370 e. The number of nitrogens with one attached hydrogen (secondary N) is 1. The molecule has 0 unspecified atom stereocenters.